The van der Waals surface area contributed by atoms with Crippen molar-refractivity contribution in [2.45, 2.75) is 11.9 Å². The number of aromatic nitrogens is 1. The molecule has 1 aromatic carbocycles. The molecule has 21 heavy (non-hydrogen) atoms. The summed E-state index contributed by atoms with van der Waals surface area (Å²) in [5, 5.41) is 12.4. The molecule has 0 bridgehead atoms. The Balaban J connectivity index is 2.31. The molecule has 0 aliphatic carbocycles. The molecule has 2 N–H and O–H groups in total. The van der Waals surface area contributed by atoms with Gasteiger partial charge in [-0.2, -0.15) is 0 Å². The predicted octanol–water partition coefficient (Wildman–Crippen LogP) is 3.06. The van der Waals surface area contributed by atoms with E-state index in [1.165, 1.54) is 23.9 Å². The van der Waals surface area contributed by atoms with E-state index in [4.69, 9.17) is 5.11 Å². The molecule has 0 aliphatic rings. The first-order valence-electron chi connectivity index (χ1n) is 6.17. The van der Waals surface area contributed by atoms with Crippen molar-refractivity contribution < 1.29 is 14.7 Å². The molecule has 0 fully saturated rings. The fourth-order valence-corrected chi connectivity index (χ4v) is 2.35. The Hall–Kier alpha value is -2.34. The van der Waals surface area contributed by atoms with Crippen molar-refractivity contribution in [2.75, 3.05) is 11.6 Å². The van der Waals surface area contributed by atoms with Crippen LogP contribution in [-0.4, -0.2) is 28.2 Å². The minimum atomic E-state index is -1.03. The van der Waals surface area contributed by atoms with Crippen LogP contribution in [0.25, 0.3) is 0 Å². The van der Waals surface area contributed by atoms with Crippen molar-refractivity contribution in [2.24, 2.45) is 0 Å². The summed E-state index contributed by atoms with van der Waals surface area (Å²) >= 11 is 1.38. The van der Waals surface area contributed by atoms with Gasteiger partial charge in [-0.15, -0.1) is 11.8 Å². The summed E-state index contributed by atoms with van der Waals surface area (Å²) in [5.41, 5.74) is 1.87. The highest BCUT2D eigenvalue weighted by Crippen LogP contribution is 2.21. The molecule has 6 heteroatoms. The van der Waals surface area contributed by atoms with E-state index in [0.29, 0.717) is 16.3 Å². The number of carboxylic acid groups (broad SMARTS) is 1. The van der Waals surface area contributed by atoms with Crippen LogP contribution in [0.3, 0.4) is 0 Å². The van der Waals surface area contributed by atoms with Gasteiger partial charge in [0, 0.05) is 11.9 Å². The topological polar surface area (TPSA) is 79.3 Å². The van der Waals surface area contributed by atoms with E-state index in [0.717, 1.165) is 5.56 Å². The van der Waals surface area contributed by atoms with Gasteiger partial charge in [-0.25, -0.2) is 9.78 Å². The summed E-state index contributed by atoms with van der Waals surface area (Å²) in [6, 6.07) is 7.99. The summed E-state index contributed by atoms with van der Waals surface area (Å²) in [4.78, 5) is 27.4. The summed E-state index contributed by atoms with van der Waals surface area (Å²) in [6.45, 7) is 1.81. The van der Waals surface area contributed by atoms with E-state index in [9.17, 15) is 9.59 Å². The fraction of sp³-hybridized carbons (Fsp3) is 0.133. The lowest BCUT2D eigenvalue weighted by Gasteiger charge is -2.10. The summed E-state index contributed by atoms with van der Waals surface area (Å²) < 4.78 is 0. The third-order valence-electron chi connectivity index (χ3n) is 2.94. The third kappa shape index (κ3) is 3.41. The molecule has 5 nitrogen and oxygen atoms in total. The highest BCUT2D eigenvalue weighted by molar-refractivity contribution is 7.98. The lowest BCUT2D eigenvalue weighted by atomic mass is 10.1. The largest absolute Gasteiger partial charge is 0.478 e. The van der Waals surface area contributed by atoms with E-state index in [1.54, 1.807) is 31.3 Å². The Kier molecular flexibility index (Phi) is 4.59. The Morgan fingerprint density at radius 2 is 2.05 bits per heavy atom. The lowest BCUT2D eigenvalue weighted by molar-refractivity contribution is 0.0696. The van der Waals surface area contributed by atoms with Crippen molar-refractivity contribution in [1.29, 1.82) is 0 Å². The van der Waals surface area contributed by atoms with Crippen molar-refractivity contribution >= 4 is 29.3 Å². The Bertz CT molecular complexity index is 701. The van der Waals surface area contributed by atoms with Crippen LogP contribution in [0.2, 0.25) is 0 Å². The molecule has 1 heterocycles. The average molecular weight is 302 g/mol. The van der Waals surface area contributed by atoms with Gasteiger partial charge in [0.25, 0.3) is 5.91 Å². The predicted molar refractivity (Wildman–Crippen MR) is 82.1 cm³/mol. The number of anilines is 1. The van der Waals surface area contributed by atoms with Gasteiger partial charge in [-0.3, -0.25) is 4.79 Å². The van der Waals surface area contributed by atoms with Crippen LogP contribution in [0, 0.1) is 6.92 Å². The average Bonchev–Trinajstić information content (AvgIpc) is 2.49. The molecule has 0 saturated carbocycles. The van der Waals surface area contributed by atoms with Crippen molar-refractivity contribution in [1.82, 2.24) is 4.98 Å². The molecule has 0 unspecified atom stereocenters. The van der Waals surface area contributed by atoms with Gasteiger partial charge >= 0.3 is 5.97 Å². The zero-order valence-corrected chi connectivity index (χ0v) is 12.4. The molecule has 1 amide bonds. The Labute approximate surface area is 126 Å². The number of rotatable bonds is 4. The number of aryl methyl sites for hydroxylation is 1. The van der Waals surface area contributed by atoms with E-state index >= 15 is 0 Å². The monoisotopic (exact) mass is 302 g/mol. The van der Waals surface area contributed by atoms with E-state index in [-0.39, 0.29) is 11.5 Å². The van der Waals surface area contributed by atoms with Gasteiger partial charge in [-0.1, -0.05) is 6.07 Å². The first-order valence-corrected chi connectivity index (χ1v) is 7.39. The fourth-order valence-electron chi connectivity index (χ4n) is 1.81. The quantitative estimate of drug-likeness (QED) is 0.849. The molecule has 0 spiro atoms. The highest BCUT2D eigenvalue weighted by Gasteiger charge is 2.14. The highest BCUT2D eigenvalue weighted by atomic mass is 32.2. The number of benzene rings is 1. The molecular formula is C15H14N2O3S. The Morgan fingerprint density at radius 1 is 1.29 bits per heavy atom. The second-order valence-corrected chi connectivity index (χ2v) is 5.14. The minimum Gasteiger partial charge on any atom is -0.478 e. The van der Waals surface area contributed by atoms with Gasteiger partial charge in [0.1, 0.15) is 5.03 Å². The van der Waals surface area contributed by atoms with Gasteiger partial charge in [-0.05, 0) is 43.0 Å². The molecule has 2 aromatic rings. The van der Waals surface area contributed by atoms with Crippen molar-refractivity contribution in [3.05, 3.63) is 53.2 Å². The van der Waals surface area contributed by atoms with Crippen LogP contribution >= 0.6 is 11.8 Å². The number of carbonyl (C=O) groups excluding carboxylic acids is 1. The number of carbonyl (C=O) groups is 2. The number of thioether (sulfide) groups is 1. The maximum Gasteiger partial charge on any atom is 0.335 e. The van der Waals surface area contributed by atoms with E-state index in [1.807, 2.05) is 6.26 Å². The van der Waals surface area contributed by atoms with Crippen LogP contribution in [0.5, 0.6) is 0 Å². The van der Waals surface area contributed by atoms with Crippen molar-refractivity contribution in [3.63, 3.8) is 0 Å². The molecule has 2 rings (SSSR count). The van der Waals surface area contributed by atoms with Gasteiger partial charge in [0.15, 0.2) is 0 Å². The molecule has 0 atom stereocenters. The van der Waals surface area contributed by atoms with Crippen LogP contribution in [-0.2, 0) is 0 Å². The first kappa shape index (κ1) is 15.1. The van der Waals surface area contributed by atoms with Crippen molar-refractivity contribution in [3.8, 4) is 0 Å². The van der Waals surface area contributed by atoms with Crippen LogP contribution in [0.15, 0.2) is 41.6 Å². The molecular weight excluding hydrogens is 288 g/mol. The van der Waals surface area contributed by atoms with Crippen LogP contribution in [0.4, 0.5) is 5.69 Å². The summed E-state index contributed by atoms with van der Waals surface area (Å²) in [7, 11) is 0. The molecule has 0 aliphatic heterocycles. The Morgan fingerprint density at radius 3 is 2.71 bits per heavy atom. The SMILES string of the molecule is CSc1ncccc1C(=O)Nc1cc(C(=O)O)ccc1C. The zero-order valence-electron chi connectivity index (χ0n) is 11.6. The molecule has 0 saturated heterocycles. The number of amides is 1. The molecule has 1 aromatic heterocycles. The summed E-state index contributed by atoms with van der Waals surface area (Å²) in [6.07, 6.45) is 3.47. The number of pyridine rings is 1. The zero-order chi connectivity index (χ0) is 15.4. The van der Waals surface area contributed by atoms with Gasteiger partial charge in [0.2, 0.25) is 0 Å². The normalized spacial score (nSPS) is 10.2. The lowest BCUT2D eigenvalue weighted by Crippen LogP contribution is -2.15. The molecule has 0 radical (unpaired) electrons. The number of hydrogen-bond acceptors (Lipinski definition) is 4. The number of hydrogen-bond donors (Lipinski definition) is 2. The number of nitrogens with one attached hydrogen (secondary N) is 1. The van der Waals surface area contributed by atoms with E-state index in [2.05, 4.69) is 10.3 Å². The number of aromatic carboxylic acids is 1. The maximum absolute atomic E-state index is 12.3. The number of carboxylic acids is 1. The standard InChI is InChI=1S/C15H14N2O3S/c1-9-5-6-10(15(19)20)8-12(9)17-13(18)11-4-3-7-16-14(11)21-2/h3-8H,1-2H3,(H,17,18)(H,19,20). The first-order chi connectivity index (χ1) is 10.0. The smallest absolute Gasteiger partial charge is 0.335 e. The summed E-state index contributed by atoms with van der Waals surface area (Å²) in [5.74, 6) is -1.34. The van der Waals surface area contributed by atoms with Gasteiger partial charge in [0.05, 0.1) is 11.1 Å². The second kappa shape index (κ2) is 6.41. The maximum atomic E-state index is 12.3. The second-order valence-electron chi connectivity index (χ2n) is 4.35. The minimum absolute atomic E-state index is 0.132. The number of nitrogens with zero attached hydrogens (tertiary/aromatic N) is 1. The van der Waals surface area contributed by atoms with Gasteiger partial charge < -0.3 is 10.4 Å². The third-order valence-corrected chi connectivity index (χ3v) is 3.65. The molecule has 108 valence electrons. The van der Waals surface area contributed by atoms with Crippen LogP contribution < -0.4 is 5.32 Å². The van der Waals surface area contributed by atoms with E-state index < -0.39 is 5.97 Å². The van der Waals surface area contributed by atoms with Crippen LogP contribution in [0.1, 0.15) is 26.3 Å².